The lowest BCUT2D eigenvalue weighted by Gasteiger charge is -2.44. The van der Waals surface area contributed by atoms with Gasteiger partial charge in [-0.2, -0.15) is 0 Å². The minimum absolute atomic E-state index is 0.0647. The second-order valence-corrected chi connectivity index (χ2v) is 7.26. The van der Waals surface area contributed by atoms with Crippen molar-refractivity contribution in [2.75, 3.05) is 19.6 Å². The minimum Gasteiger partial charge on any atom is -0.435 e. The molecule has 6 rings (SSSR count). The summed E-state index contributed by atoms with van der Waals surface area (Å²) in [5, 5.41) is 3.24. The van der Waals surface area contributed by atoms with Crippen LogP contribution in [0, 0.1) is 5.92 Å². The summed E-state index contributed by atoms with van der Waals surface area (Å²) >= 11 is 0. The van der Waals surface area contributed by atoms with E-state index in [1.54, 1.807) is 0 Å². The lowest BCUT2D eigenvalue weighted by molar-refractivity contribution is 0.0621. The van der Waals surface area contributed by atoms with Gasteiger partial charge in [-0.15, -0.1) is 0 Å². The lowest BCUT2D eigenvalue weighted by atomic mass is 9.84. The number of amides is 1. The van der Waals surface area contributed by atoms with Crippen LogP contribution in [0.15, 0.2) is 52.9 Å². The zero-order valence-corrected chi connectivity index (χ0v) is 14.5. The number of hydrogen-bond acceptors (Lipinski definition) is 4. The third-order valence-corrected chi connectivity index (χ3v) is 5.65. The number of fused-ring (bicyclic) bond motifs is 4. The second kappa shape index (κ2) is 6.25. The van der Waals surface area contributed by atoms with E-state index in [9.17, 15) is 4.79 Å². The third kappa shape index (κ3) is 2.69. The molecule has 0 saturated carbocycles. The molecule has 2 aromatic carbocycles. The summed E-state index contributed by atoms with van der Waals surface area (Å²) in [5.74, 6) is 1.08. The van der Waals surface area contributed by atoms with E-state index in [0.29, 0.717) is 28.5 Å². The van der Waals surface area contributed by atoms with Gasteiger partial charge in [0.2, 0.25) is 5.89 Å². The number of para-hydroxylation sites is 1. The molecule has 0 aliphatic carbocycles. The number of rotatable bonds is 3. The van der Waals surface area contributed by atoms with Gasteiger partial charge in [-0.25, -0.2) is 4.98 Å². The van der Waals surface area contributed by atoms with Gasteiger partial charge in [-0.3, -0.25) is 4.79 Å². The minimum atomic E-state index is -0.0647. The van der Waals surface area contributed by atoms with E-state index in [0.717, 1.165) is 25.2 Å². The Kier molecular flexibility index (Phi) is 3.75. The average Bonchev–Trinajstić information content (AvgIpc) is 3.14. The Morgan fingerprint density at radius 1 is 1.08 bits per heavy atom. The standard InChI is InChI=1S/C21H21N3O2/c25-20(22-18-13-24-11-9-14(18)10-12-24)16-7-4-8-17-19(16)26-21(23-17)15-5-2-1-3-6-15/h1-8,14,18H,9-13H2,(H,22,25)/t18-/m1/s1. The van der Waals surface area contributed by atoms with E-state index in [2.05, 4.69) is 15.2 Å². The summed E-state index contributed by atoms with van der Waals surface area (Å²) in [5.41, 5.74) is 2.75. The second-order valence-electron chi connectivity index (χ2n) is 7.26. The van der Waals surface area contributed by atoms with Crippen molar-refractivity contribution in [1.29, 1.82) is 0 Å². The number of aromatic nitrogens is 1. The zero-order chi connectivity index (χ0) is 17.5. The molecular formula is C21H21N3O2. The van der Waals surface area contributed by atoms with Crippen LogP contribution in [-0.2, 0) is 0 Å². The van der Waals surface area contributed by atoms with Crippen LogP contribution in [0.25, 0.3) is 22.6 Å². The first kappa shape index (κ1) is 15.6. The summed E-state index contributed by atoms with van der Waals surface area (Å²) in [4.78, 5) is 19.9. The molecule has 5 heteroatoms. The molecule has 0 spiro atoms. The van der Waals surface area contributed by atoms with Crippen molar-refractivity contribution in [3.63, 3.8) is 0 Å². The van der Waals surface area contributed by atoms with Crippen molar-refractivity contribution in [2.45, 2.75) is 18.9 Å². The maximum Gasteiger partial charge on any atom is 0.255 e. The number of piperidine rings is 3. The quantitative estimate of drug-likeness (QED) is 0.790. The van der Waals surface area contributed by atoms with Crippen molar-refractivity contribution < 1.29 is 9.21 Å². The summed E-state index contributed by atoms with van der Waals surface area (Å²) in [6, 6.07) is 15.6. The highest BCUT2D eigenvalue weighted by molar-refractivity contribution is 6.04. The molecule has 3 aromatic rings. The van der Waals surface area contributed by atoms with Gasteiger partial charge in [0.05, 0.1) is 5.56 Å². The van der Waals surface area contributed by atoms with Crippen molar-refractivity contribution in [3.8, 4) is 11.5 Å². The van der Waals surface area contributed by atoms with E-state index in [1.165, 1.54) is 12.8 Å². The summed E-state index contributed by atoms with van der Waals surface area (Å²) < 4.78 is 5.98. The Hall–Kier alpha value is -2.66. The average molecular weight is 347 g/mol. The van der Waals surface area contributed by atoms with E-state index in [-0.39, 0.29) is 11.9 Å². The van der Waals surface area contributed by atoms with Gasteiger partial charge in [0.1, 0.15) is 5.52 Å². The molecule has 3 fully saturated rings. The maximum absolute atomic E-state index is 12.9. The molecular weight excluding hydrogens is 326 g/mol. The predicted octanol–water partition coefficient (Wildman–Crippen LogP) is 3.32. The highest BCUT2D eigenvalue weighted by Crippen LogP contribution is 2.29. The fraction of sp³-hybridized carbons (Fsp3) is 0.333. The Morgan fingerprint density at radius 2 is 1.88 bits per heavy atom. The first-order valence-electron chi connectivity index (χ1n) is 9.26. The van der Waals surface area contributed by atoms with Crippen LogP contribution in [0.1, 0.15) is 23.2 Å². The highest BCUT2D eigenvalue weighted by Gasteiger charge is 2.35. The third-order valence-electron chi connectivity index (χ3n) is 5.65. The van der Waals surface area contributed by atoms with Crippen LogP contribution >= 0.6 is 0 Å². The molecule has 3 aliphatic rings. The first-order valence-corrected chi connectivity index (χ1v) is 9.26. The smallest absolute Gasteiger partial charge is 0.255 e. The van der Waals surface area contributed by atoms with Crippen molar-refractivity contribution in [3.05, 3.63) is 54.1 Å². The van der Waals surface area contributed by atoms with Crippen LogP contribution in [-0.4, -0.2) is 41.5 Å². The molecule has 1 N–H and O–H groups in total. The Morgan fingerprint density at radius 3 is 2.62 bits per heavy atom. The van der Waals surface area contributed by atoms with Gasteiger partial charge >= 0.3 is 0 Å². The van der Waals surface area contributed by atoms with Gasteiger partial charge in [-0.1, -0.05) is 24.3 Å². The molecule has 0 unspecified atom stereocenters. The molecule has 0 radical (unpaired) electrons. The summed E-state index contributed by atoms with van der Waals surface area (Å²) in [6.45, 7) is 3.28. The molecule has 132 valence electrons. The topological polar surface area (TPSA) is 58.4 Å². The normalized spacial score (nSPS) is 24.7. The van der Waals surface area contributed by atoms with E-state index in [1.807, 2.05) is 48.5 Å². The summed E-state index contributed by atoms with van der Waals surface area (Å²) in [6.07, 6.45) is 2.35. The Bertz CT molecular complexity index is 942. The largest absolute Gasteiger partial charge is 0.435 e. The number of carbonyl (C=O) groups excluding carboxylic acids is 1. The molecule has 1 atom stereocenters. The van der Waals surface area contributed by atoms with E-state index >= 15 is 0 Å². The number of nitrogens with one attached hydrogen (secondary N) is 1. The fourth-order valence-corrected chi connectivity index (χ4v) is 4.21. The first-order chi connectivity index (χ1) is 12.8. The van der Waals surface area contributed by atoms with Crippen molar-refractivity contribution in [2.24, 2.45) is 5.92 Å². The van der Waals surface area contributed by atoms with E-state index < -0.39 is 0 Å². The maximum atomic E-state index is 12.9. The Labute approximate surface area is 152 Å². The van der Waals surface area contributed by atoms with Gasteiger partial charge in [0.25, 0.3) is 5.91 Å². The number of benzene rings is 2. The zero-order valence-electron chi connectivity index (χ0n) is 14.5. The molecule has 26 heavy (non-hydrogen) atoms. The SMILES string of the molecule is O=C(N[C@@H]1CN2CCC1CC2)c1cccc2nc(-c3ccccc3)oc12. The molecule has 1 aromatic heterocycles. The molecule has 5 nitrogen and oxygen atoms in total. The Balaban J connectivity index is 1.45. The van der Waals surface area contributed by atoms with Gasteiger partial charge in [0, 0.05) is 18.2 Å². The molecule has 3 saturated heterocycles. The van der Waals surface area contributed by atoms with Crippen LogP contribution in [0.3, 0.4) is 0 Å². The summed E-state index contributed by atoms with van der Waals surface area (Å²) in [7, 11) is 0. The molecule has 4 heterocycles. The van der Waals surface area contributed by atoms with Gasteiger partial charge < -0.3 is 14.6 Å². The van der Waals surface area contributed by atoms with Gasteiger partial charge in [-0.05, 0) is 56.1 Å². The fourth-order valence-electron chi connectivity index (χ4n) is 4.21. The van der Waals surface area contributed by atoms with Crippen LogP contribution in [0.5, 0.6) is 0 Å². The number of nitrogens with zero attached hydrogens (tertiary/aromatic N) is 2. The highest BCUT2D eigenvalue weighted by atomic mass is 16.3. The van der Waals surface area contributed by atoms with Gasteiger partial charge in [0.15, 0.2) is 5.58 Å². The monoisotopic (exact) mass is 347 g/mol. The number of carbonyl (C=O) groups is 1. The van der Waals surface area contributed by atoms with Crippen molar-refractivity contribution in [1.82, 2.24) is 15.2 Å². The van der Waals surface area contributed by atoms with Crippen LogP contribution in [0.2, 0.25) is 0 Å². The molecule has 2 bridgehead atoms. The number of hydrogen-bond donors (Lipinski definition) is 1. The van der Waals surface area contributed by atoms with Crippen molar-refractivity contribution >= 4 is 17.0 Å². The van der Waals surface area contributed by atoms with Crippen LogP contribution in [0.4, 0.5) is 0 Å². The van der Waals surface area contributed by atoms with Crippen LogP contribution < -0.4 is 5.32 Å². The number of oxazole rings is 1. The van der Waals surface area contributed by atoms with E-state index in [4.69, 9.17) is 4.42 Å². The molecule has 1 amide bonds. The lowest BCUT2D eigenvalue weighted by Crippen LogP contribution is -2.57. The molecule has 3 aliphatic heterocycles. The predicted molar refractivity (Wildman–Crippen MR) is 99.9 cm³/mol.